The van der Waals surface area contributed by atoms with Crippen LogP contribution in [0.5, 0.6) is 11.5 Å². The number of ketones is 1. The van der Waals surface area contributed by atoms with Gasteiger partial charge in [0.05, 0.1) is 31.6 Å². The second-order valence-electron chi connectivity index (χ2n) is 8.16. The Morgan fingerprint density at radius 2 is 1.69 bits per heavy atom. The first-order valence-corrected chi connectivity index (χ1v) is 11.3. The predicted octanol–water partition coefficient (Wildman–Crippen LogP) is 4.40. The number of carbonyl (C=O) groups excluding carboxylic acids is 2. The van der Waals surface area contributed by atoms with E-state index in [0.717, 1.165) is 37.8 Å². The number of hydrogen-bond acceptors (Lipinski definition) is 6. The molecule has 1 fully saturated rings. The number of rotatable bonds is 8. The van der Waals surface area contributed by atoms with Crippen molar-refractivity contribution >= 4 is 28.2 Å². The number of ether oxygens (including phenoxy) is 3. The number of alkyl halides is 3. The zero-order valence-corrected chi connectivity index (χ0v) is 19.6. The molecule has 0 aliphatic carbocycles. The van der Waals surface area contributed by atoms with Crippen LogP contribution < -0.4 is 14.8 Å². The van der Waals surface area contributed by atoms with E-state index < -0.39 is 23.4 Å². The van der Waals surface area contributed by atoms with Gasteiger partial charge in [0.1, 0.15) is 18.1 Å². The molecule has 7 nitrogen and oxygen atoms in total. The van der Waals surface area contributed by atoms with Crippen molar-refractivity contribution in [1.82, 2.24) is 4.90 Å². The molecule has 36 heavy (non-hydrogen) atoms. The van der Waals surface area contributed by atoms with Gasteiger partial charge in [-0.25, -0.2) is 0 Å². The van der Waals surface area contributed by atoms with E-state index in [4.69, 9.17) is 14.2 Å². The van der Waals surface area contributed by atoms with Crippen molar-refractivity contribution in [2.75, 3.05) is 51.9 Å². The van der Waals surface area contributed by atoms with Crippen molar-refractivity contribution < 1.29 is 37.0 Å². The monoisotopic (exact) mass is 502 g/mol. The van der Waals surface area contributed by atoms with Crippen LogP contribution in [0.4, 0.5) is 18.9 Å². The van der Waals surface area contributed by atoms with Gasteiger partial charge in [0.25, 0.3) is 11.7 Å². The highest BCUT2D eigenvalue weighted by atomic mass is 19.4. The van der Waals surface area contributed by atoms with Crippen LogP contribution in [-0.4, -0.2) is 63.2 Å². The van der Waals surface area contributed by atoms with Gasteiger partial charge in [0, 0.05) is 30.6 Å². The molecule has 0 saturated carbocycles. The van der Waals surface area contributed by atoms with Crippen LogP contribution in [0.1, 0.15) is 15.9 Å². The summed E-state index contributed by atoms with van der Waals surface area (Å²) in [7, 11) is 1.26. The van der Waals surface area contributed by atoms with E-state index in [2.05, 4.69) is 10.2 Å². The molecule has 0 bridgehead atoms. The molecule has 3 aromatic rings. The predicted molar refractivity (Wildman–Crippen MR) is 128 cm³/mol. The van der Waals surface area contributed by atoms with Gasteiger partial charge in [-0.05, 0) is 35.7 Å². The van der Waals surface area contributed by atoms with Crippen LogP contribution in [0.2, 0.25) is 0 Å². The third-order valence-electron chi connectivity index (χ3n) is 5.88. The lowest BCUT2D eigenvalue weighted by Gasteiger charge is -2.26. The number of methoxy groups -OCH3 is 1. The Hall–Kier alpha value is -3.63. The van der Waals surface area contributed by atoms with Crippen LogP contribution >= 0.6 is 0 Å². The average molecular weight is 502 g/mol. The lowest BCUT2D eigenvalue weighted by atomic mass is 10.00. The van der Waals surface area contributed by atoms with Gasteiger partial charge in [0.15, 0.2) is 0 Å². The highest BCUT2D eigenvalue weighted by molar-refractivity contribution is 6.48. The Balaban J connectivity index is 1.53. The lowest BCUT2D eigenvalue weighted by Crippen LogP contribution is -2.38. The fraction of sp³-hybridized carbons (Fsp3) is 0.308. The number of carbonyl (C=O) groups is 2. The summed E-state index contributed by atoms with van der Waals surface area (Å²) in [6.45, 7) is 4.21. The average Bonchev–Trinajstić information content (AvgIpc) is 2.88. The van der Waals surface area contributed by atoms with E-state index in [1.165, 1.54) is 13.2 Å². The number of Topliss-reactive ketones (excluding diaryl/α,β-unsaturated/α-hetero) is 1. The number of hydrogen-bond donors (Lipinski definition) is 1. The minimum atomic E-state index is -4.62. The molecule has 1 saturated heterocycles. The smallest absolute Gasteiger partial charge is 0.416 e. The summed E-state index contributed by atoms with van der Waals surface area (Å²) in [5, 5.41) is 3.41. The largest absolute Gasteiger partial charge is 0.495 e. The molecule has 0 spiro atoms. The maximum Gasteiger partial charge on any atom is 0.416 e. The first-order chi connectivity index (χ1) is 17.3. The molecule has 1 N–H and O–H groups in total. The second kappa shape index (κ2) is 11.0. The summed E-state index contributed by atoms with van der Waals surface area (Å²) in [6, 6.07) is 12.7. The first kappa shape index (κ1) is 25.5. The molecule has 0 unspecified atom stereocenters. The Morgan fingerprint density at radius 3 is 2.39 bits per heavy atom. The first-order valence-electron chi connectivity index (χ1n) is 11.3. The molecule has 0 radical (unpaired) electrons. The summed E-state index contributed by atoms with van der Waals surface area (Å²) in [5.74, 6) is -1.42. The van der Waals surface area contributed by atoms with Gasteiger partial charge in [0.2, 0.25) is 0 Å². The van der Waals surface area contributed by atoms with Gasteiger partial charge in [-0.3, -0.25) is 14.5 Å². The summed E-state index contributed by atoms with van der Waals surface area (Å²) < 4.78 is 55.8. The van der Waals surface area contributed by atoms with Gasteiger partial charge >= 0.3 is 6.18 Å². The van der Waals surface area contributed by atoms with Crippen molar-refractivity contribution in [3.8, 4) is 11.5 Å². The van der Waals surface area contributed by atoms with Crippen molar-refractivity contribution in [2.24, 2.45) is 0 Å². The molecule has 4 rings (SSSR count). The number of fused-ring (bicyclic) bond motifs is 1. The van der Waals surface area contributed by atoms with E-state index in [0.29, 0.717) is 36.3 Å². The van der Waals surface area contributed by atoms with Crippen molar-refractivity contribution in [3.63, 3.8) is 0 Å². The summed E-state index contributed by atoms with van der Waals surface area (Å²) in [4.78, 5) is 28.0. The van der Waals surface area contributed by atoms with Crippen molar-refractivity contribution in [1.29, 1.82) is 0 Å². The lowest BCUT2D eigenvalue weighted by molar-refractivity contribution is -0.137. The summed E-state index contributed by atoms with van der Waals surface area (Å²) in [6.07, 6.45) is -4.62. The second-order valence-corrected chi connectivity index (χ2v) is 8.16. The zero-order chi connectivity index (χ0) is 25.7. The number of halogens is 3. The third kappa shape index (κ3) is 5.77. The van der Waals surface area contributed by atoms with E-state index in [1.54, 1.807) is 30.3 Å². The Bertz CT molecular complexity index is 1260. The quantitative estimate of drug-likeness (QED) is 0.364. The Kier molecular flexibility index (Phi) is 7.76. The molecular weight excluding hydrogens is 477 g/mol. The van der Waals surface area contributed by atoms with Gasteiger partial charge in [-0.15, -0.1) is 0 Å². The van der Waals surface area contributed by atoms with E-state index in [-0.39, 0.29) is 17.0 Å². The fourth-order valence-corrected chi connectivity index (χ4v) is 3.99. The van der Waals surface area contributed by atoms with E-state index >= 15 is 0 Å². The van der Waals surface area contributed by atoms with Gasteiger partial charge < -0.3 is 19.5 Å². The molecule has 0 atom stereocenters. The molecule has 190 valence electrons. The maximum absolute atomic E-state index is 13.1. The zero-order valence-electron chi connectivity index (χ0n) is 19.6. The van der Waals surface area contributed by atoms with Crippen LogP contribution in [0.3, 0.4) is 0 Å². The molecule has 1 amide bonds. The maximum atomic E-state index is 13.1. The SMILES string of the molecule is COc1ccc(C(F)(F)F)cc1NC(=O)C(=O)c1ccc(OCCN2CCOCC2)c2ccccc12. The van der Waals surface area contributed by atoms with Crippen LogP contribution in [0.25, 0.3) is 10.8 Å². The highest BCUT2D eigenvalue weighted by Gasteiger charge is 2.32. The topological polar surface area (TPSA) is 77.1 Å². The molecule has 0 aromatic heterocycles. The molecule has 1 heterocycles. The number of nitrogens with zero attached hydrogens (tertiary/aromatic N) is 1. The molecule has 3 aromatic carbocycles. The van der Waals surface area contributed by atoms with E-state index in [1.807, 2.05) is 0 Å². The number of amides is 1. The van der Waals surface area contributed by atoms with Gasteiger partial charge in [-0.2, -0.15) is 13.2 Å². The minimum absolute atomic E-state index is 0.00183. The third-order valence-corrected chi connectivity index (χ3v) is 5.88. The molecular formula is C26H25F3N2O5. The van der Waals surface area contributed by atoms with Crippen molar-refractivity contribution in [2.45, 2.75) is 6.18 Å². The van der Waals surface area contributed by atoms with Crippen LogP contribution in [0, 0.1) is 0 Å². The summed E-state index contributed by atoms with van der Waals surface area (Å²) >= 11 is 0. The van der Waals surface area contributed by atoms with E-state index in [9.17, 15) is 22.8 Å². The highest BCUT2D eigenvalue weighted by Crippen LogP contribution is 2.35. The Morgan fingerprint density at radius 1 is 1.00 bits per heavy atom. The summed E-state index contributed by atoms with van der Waals surface area (Å²) in [5.41, 5.74) is -1.12. The van der Waals surface area contributed by atoms with Crippen LogP contribution in [-0.2, 0) is 15.7 Å². The molecule has 1 aliphatic rings. The van der Waals surface area contributed by atoms with Crippen molar-refractivity contribution in [3.05, 3.63) is 65.7 Å². The minimum Gasteiger partial charge on any atom is -0.495 e. The fourth-order valence-electron chi connectivity index (χ4n) is 3.99. The normalized spacial score (nSPS) is 14.4. The Labute approximate surface area is 205 Å². The number of anilines is 1. The molecule has 1 aliphatic heterocycles. The number of morpholine rings is 1. The van der Waals surface area contributed by atoms with Gasteiger partial charge in [-0.1, -0.05) is 24.3 Å². The van der Waals surface area contributed by atoms with Crippen LogP contribution in [0.15, 0.2) is 54.6 Å². The number of nitrogens with one attached hydrogen (secondary N) is 1. The molecule has 10 heteroatoms. The standard InChI is InChI=1S/C26H25F3N2O5/c1-34-23-8-6-17(26(27,28)29)16-21(23)30-25(33)24(32)20-7-9-22(19-5-3-2-4-18(19)20)36-15-12-31-10-13-35-14-11-31/h2-9,16H,10-15H2,1H3,(H,30,33). The number of benzene rings is 3.